The van der Waals surface area contributed by atoms with E-state index in [4.69, 9.17) is 5.10 Å². The summed E-state index contributed by atoms with van der Waals surface area (Å²) in [7, 11) is 0. The van der Waals surface area contributed by atoms with Gasteiger partial charge in [0.05, 0.1) is 12.2 Å². The summed E-state index contributed by atoms with van der Waals surface area (Å²) >= 11 is 0. The van der Waals surface area contributed by atoms with E-state index in [1.165, 1.54) is 36.9 Å². The van der Waals surface area contributed by atoms with Gasteiger partial charge in [0.25, 0.3) is 0 Å². The largest absolute Gasteiger partial charge is 0.354 e. The SMILES string of the molecule is O=C(NCCn1nc(-c2ccccn2)c2c1CCCC2)C1CCCC1. The molecule has 2 aromatic rings. The third-order valence-electron chi connectivity index (χ3n) is 5.51. The van der Waals surface area contributed by atoms with E-state index in [1.807, 2.05) is 24.4 Å². The summed E-state index contributed by atoms with van der Waals surface area (Å²) in [4.78, 5) is 16.7. The van der Waals surface area contributed by atoms with Crippen LogP contribution in [0.25, 0.3) is 11.4 Å². The first-order valence-corrected chi connectivity index (χ1v) is 9.60. The van der Waals surface area contributed by atoms with Crippen molar-refractivity contribution in [3.63, 3.8) is 0 Å². The minimum atomic E-state index is 0.225. The third-order valence-corrected chi connectivity index (χ3v) is 5.51. The van der Waals surface area contributed by atoms with Crippen LogP contribution in [-0.2, 0) is 24.2 Å². The Bertz CT molecular complexity index is 732. The van der Waals surface area contributed by atoms with Gasteiger partial charge in [-0.05, 0) is 50.7 Å². The monoisotopic (exact) mass is 338 g/mol. The molecule has 132 valence electrons. The van der Waals surface area contributed by atoms with Crippen LogP contribution in [0, 0.1) is 5.92 Å². The first-order chi connectivity index (χ1) is 12.3. The maximum atomic E-state index is 12.2. The van der Waals surface area contributed by atoms with Crippen molar-refractivity contribution in [2.24, 2.45) is 5.92 Å². The molecule has 0 unspecified atom stereocenters. The van der Waals surface area contributed by atoms with Crippen LogP contribution in [0.3, 0.4) is 0 Å². The summed E-state index contributed by atoms with van der Waals surface area (Å²) in [6, 6.07) is 5.98. The van der Waals surface area contributed by atoms with E-state index in [0.717, 1.165) is 43.6 Å². The van der Waals surface area contributed by atoms with Crippen molar-refractivity contribution in [1.29, 1.82) is 0 Å². The van der Waals surface area contributed by atoms with E-state index in [0.29, 0.717) is 6.54 Å². The summed E-state index contributed by atoms with van der Waals surface area (Å²) in [5.41, 5.74) is 4.67. The lowest BCUT2D eigenvalue weighted by atomic mass is 9.95. The smallest absolute Gasteiger partial charge is 0.223 e. The molecule has 0 bridgehead atoms. The van der Waals surface area contributed by atoms with E-state index in [2.05, 4.69) is 15.0 Å². The number of amides is 1. The highest BCUT2D eigenvalue weighted by Gasteiger charge is 2.24. The number of fused-ring (bicyclic) bond motifs is 1. The third kappa shape index (κ3) is 3.46. The zero-order valence-corrected chi connectivity index (χ0v) is 14.7. The van der Waals surface area contributed by atoms with Crippen LogP contribution < -0.4 is 5.32 Å². The summed E-state index contributed by atoms with van der Waals surface area (Å²) in [6.45, 7) is 1.40. The normalized spacial score (nSPS) is 17.4. The van der Waals surface area contributed by atoms with Crippen LogP contribution >= 0.6 is 0 Å². The molecular formula is C20H26N4O. The van der Waals surface area contributed by atoms with Gasteiger partial charge in [0.2, 0.25) is 5.91 Å². The number of aromatic nitrogens is 3. The minimum absolute atomic E-state index is 0.225. The topological polar surface area (TPSA) is 59.8 Å². The average molecular weight is 338 g/mol. The summed E-state index contributed by atoms with van der Waals surface area (Å²) in [5, 5.41) is 7.97. The Kier molecular flexibility index (Phi) is 4.81. The van der Waals surface area contributed by atoms with Crippen molar-refractivity contribution in [3.05, 3.63) is 35.7 Å². The fourth-order valence-electron chi connectivity index (χ4n) is 4.18. The Morgan fingerprint density at radius 2 is 2.00 bits per heavy atom. The Morgan fingerprint density at radius 3 is 2.80 bits per heavy atom. The highest BCUT2D eigenvalue weighted by Crippen LogP contribution is 2.30. The van der Waals surface area contributed by atoms with Crippen LogP contribution in [0.5, 0.6) is 0 Å². The van der Waals surface area contributed by atoms with Crippen molar-refractivity contribution >= 4 is 5.91 Å². The standard InChI is InChI=1S/C20H26N4O/c25-20(15-7-1-2-8-15)22-13-14-24-18-11-4-3-9-16(18)19(23-24)17-10-5-6-12-21-17/h5-6,10,12,15H,1-4,7-9,11,13-14H2,(H,22,25). The molecule has 1 amide bonds. The summed E-state index contributed by atoms with van der Waals surface area (Å²) < 4.78 is 2.10. The van der Waals surface area contributed by atoms with Gasteiger partial charge in [-0.1, -0.05) is 18.9 Å². The molecule has 1 fully saturated rings. The molecule has 2 heterocycles. The fraction of sp³-hybridized carbons (Fsp3) is 0.550. The molecule has 0 saturated heterocycles. The fourth-order valence-corrected chi connectivity index (χ4v) is 4.18. The lowest BCUT2D eigenvalue weighted by molar-refractivity contribution is -0.124. The predicted molar refractivity (Wildman–Crippen MR) is 97.1 cm³/mol. The number of hydrogen-bond donors (Lipinski definition) is 1. The minimum Gasteiger partial charge on any atom is -0.354 e. The van der Waals surface area contributed by atoms with Gasteiger partial charge in [-0.3, -0.25) is 14.5 Å². The molecule has 5 nitrogen and oxygen atoms in total. The van der Waals surface area contributed by atoms with E-state index in [1.54, 1.807) is 0 Å². The highest BCUT2D eigenvalue weighted by atomic mass is 16.1. The average Bonchev–Trinajstić information content (AvgIpc) is 3.31. The highest BCUT2D eigenvalue weighted by molar-refractivity contribution is 5.78. The first-order valence-electron chi connectivity index (χ1n) is 9.60. The van der Waals surface area contributed by atoms with Gasteiger partial charge in [0, 0.05) is 29.9 Å². The van der Waals surface area contributed by atoms with Crippen LogP contribution in [0.2, 0.25) is 0 Å². The number of rotatable bonds is 5. The number of hydrogen-bond acceptors (Lipinski definition) is 3. The number of carbonyl (C=O) groups is 1. The zero-order valence-electron chi connectivity index (χ0n) is 14.7. The van der Waals surface area contributed by atoms with Crippen LogP contribution in [0.15, 0.2) is 24.4 Å². The molecule has 0 aromatic carbocycles. The van der Waals surface area contributed by atoms with Crippen molar-refractivity contribution in [2.75, 3.05) is 6.54 Å². The lowest BCUT2D eigenvalue weighted by Gasteiger charge is -2.15. The molecule has 0 atom stereocenters. The van der Waals surface area contributed by atoms with E-state index < -0.39 is 0 Å². The van der Waals surface area contributed by atoms with Gasteiger partial charge in [-0.15, -0.1) is 0 Å². The summed E-state index contributed by atoms with van der Waals surface area (Å²) in [5.74, 6) is 0.457. The molecule has 1 N–H and O–H groups in total. The van der Waals surface area contributed by atoms with E-state index in [9.17, 15) is 4.79 Å². The molecule has 0 radical (unpaired) electrons. The van der Waals surface area contributed by atoms with Gasteiger partial charge in [0.15, 0.2) is 0 Å². The quantitative estimate of drug-likeness (QED) is 0.911. The van der Waals surface area contributed by atoms with Gasteiger partial charge in [-0.25, -0.2) is 0 Å². The molecule has 2 aliphatic carbocycles. The number of pyridine rings is 1. The molecule has 5 heteroatoms. The van der Waals surface area contributed by atoms with E-state index >= 15 is 0 Å². The van der Waals surface area contributed by atoms with Gasteiger partial charge in [0.1, 0.15) is 5.69 Å². The van der Waals surface area contributed by atoms with Crippen LogP contribution in [0.1, 0.15) is 49.8 Å². The molecule has 0 spiro atoms. The maximum Gasteiger partial charge on any atom is 0.223 e. The Hall–Kier alpha value is -2.17. The van der Waals surface area contributed by atoms with Gasteiger partial charge < -0.3 is 5.32 Å². The number of carbonyl (C=O) groups excluding carboxylic acids is 1. The van der Waals surface area contributed by atoms with Crippen LogP contribution in [-0.4, -0.2) is 27.2 Å². The Morgan fingerprint density at radius 1 is 1.16 bits per heavy atom. The van der Waals surface area contributed by atoms with Crippen molar-refractivity contribution < 1.29 is 4.79 Å². The van der Waals surface area contributed by atoms with E-state index in [-0.39, 0.29) is 11.8 Å². The first kappa shape index (κ1) is 16.3. The van der Waals surface area contributed by atoms with Crippen molar-refractivity contribution in [3.8, 4) is 11.4 Å². The maximum absolute atomic E-state index is 12.2. The second-order valence-electron chi connectivity index (χ2n) is 7.19. The summed E-state index contributed by atoms with van der Waals surface area (Å²) in [6.07, 6.45) is 10.9. The molecule has 4 rings (SSSR count). The molecule has 1 saturated carbocycles. The van der Waals surface area contributed by atoms with Crippen LogP contribution in [0.4, 0.5) is 0 Å². The predicted octanol–water partition coefficient (Wildman–Crippen LogP) is 3.13. The Labute approximate surface area is 148 Å². The van der Waals surface area contributed by atoms with Gasteiger partial charge in [-0.2, -0.15) is 5.10 Å². The molecule has 0 aliphatic heterocycles. The molecule has 2 aliphatic rings. The van der Waals surface area contributed by atoms with Gasteiger partial charge >= 0.3 is 0 Å². The van der Waals surface area contributed by atoms with Crippen molar-refractivity contribution in [2.45, 2.75) is 57.9 Å². The zero-order chi connectivity index (χ0) is 17.1. The Balaban J connectivity index is 1.48. The number of nitrogens with one attached hydrogen (secondary N) is 1. The molecular weight excluding hydrogens is 312 g/mol. The molecule has 25 heavy (non-hydrogen) atoms. The van der Waals surface area contributed by atoms with Crippen molar-refractivity contribution in [1.82, 2.24) is 20.1 Å². The second kappa shape index (κ2) is 7.38. The number of nitrogens with zero attached hydrogens (tertiary/aromatic N) is 3. The second-order valence-corrected chi connectivity index (χ2v) is 7.19. The lowest BCUT2D eigenvalue weighted by Crippen LogP contribution is -2.32. The molecule has 2 aromatic heterocycles.